The van der Waals surface area contributed by atoms with Gasteiger partial charge in [0.2, 0.25) is 0 Å². The average molecular weight is 379 g/mol. The number of aromatic nitrogens is 1. The van der Waals surface area contributed by atoms with Gasteiger partial charge in [-0.25, -0.2) is 5.43 Å². The number of nitrogens with one attached hydrogen (secondary N) is 2. The fourth-order valence-corrected chi connectivity index (χ4v) is 4.56. The highest BCUT2D eigenvalue weighted by molar-refractivity contribution is 7.10. The molecule has 27 heavy (non-hydrogen) atoms. The van der Waals surface area contributed by atoms with E-state index >= 15 is 0 Å². The third kappa shape index (κ3) is 4.82. The van der Waals surface area contributed by atoms with Crippen molar-refractivity contribution in [2.24, 2.45) is 5.92 Å². The zero-order valence-electron chi connectivity index (χ0n) is 15.6. The maximum atomic E-state index is 4.16. The van der Waals surface area contributed by atoms with E-state index in [1.54, 1.807) is 0 Å². The molecular weight excluding hydrogens is 352 g/mol. The van der Waals surface area contributed by atoms with E-state index in [4.69, 9.17) is 0 Å². The monoisotopic (exact) mass is 378 g/mol. The van der Waals surface area contributed by atoms with Crippen molar-refractivity contribution >= 4 is 11.3 Å². The molecule has 2 N–H and O–H groups in total. The molecule has 0 bridgehead atoms. The number of thiophene rings is 1. The SMILES string of the molecule is Cc1ccc(CN(Cc2ccncc2)CC2CNNC2c2cccs2)cc1. The maximum absolute atomic E-state index is 4.16. The first-order chi connectivity index (χ1) is 13.3. The third-order valence-electron chi connectivity index (χ3n) is 5.12. The molecule has 0 saturated carbocycles. The molecule has 4 rings (SSSR count). The Hall–Kier alpha value is -2.05. The average Bonchev–Trinajstić information content (AvgIpc) is 3.36. The minimum absolute atomic E-state index is 0.378. The topological polar surface area (TPSA) is 40.2 Å². The van der Waals surface area contributed by atoms with Crippen LogP contribution >= 0.6 is 11.3 Å². The molecule has 0 spiro atoms. The Kier molecular flexibility index (Phi) is 5.94. The molecule has 1 aliphatic heterocycles. The minimum Gasteiger partial charge on any atom is -0.294 e. The Labute approximate surface area is 165 Å². The van der Waals surface area contributed by atoms with Crippen molar-refractivity contribution in [3.63, 3.8) is 0 Å². The van der Waals surface area contributed by atoms with E-state index < -0.39 is 0 Å². The summed E-state index contributed by atoms with van der Waals surface area (Å²) in [6, 6.07) is 17.9. The van der Waals surface area contributed by atoms with Gasteiger partial charge in [0.05, 0.1) is 6.04 Å². The van der Waals surface area contributed by atoms with E-state index in [0.717, 1.165) is 26.2 Å². The lowest BCUT2D eigenvalue weighted by Gasteiger charge is -2.28. The highest BCUT2D eigenvalue weighted by Gasteiger charge is 2.30. The molecule has 1 aromatic carbocycles. The first kappa shape index (κ1) is 18.3. The minimum atomic E-state index is 0.378. The number of rotatable bonds is 7. The Morgan fingerprint density at radius 3 is 2.48 bits per heavy atom. The van der Waals surface area contributed by atoms with Gasteiger partial charge in [0.1, 0.15) is 0 Å². The summed E-state index contributed by atoms with van der Waals surface area (Å²) in [4.78, 5) is 8.12. The number of hydrogen-bond donors (Lipinski definition) is 2. The molecule has 2 aromatic heterocycles. The van der Waals surface area contributed by atoms with Gasteiger partial charge in [0.15, 0.2) is 0 Å². The van der Waals surface area contributed by atoms with Crippen molar-refractivity contribution in [1.82, 2.24) is 20.7 Å². The van der Waals surface area contributed by atoms with Gasteiger partial charge in [-0.05, 0) is 41.6 Å². The number of hydrogen-bond acceptors (Lipinski definition) is 5. The van der Waals surface area contributed by atoms with Crippen molar-refractivity contribution in [3.8, 4) is 0 Å². The Balaban J connectivity index is 1.50. The van der Waals surface area contributed by atoms with Crippen LogP contribution in [-0.4, -0.2) is 23.0 Å². The van der Waals surface area contributed by atoms with Crippen LogP contribution in [0.2, 0.25) is 0 Å². The van der Waals surface area contributed by atoms with E-state index in [1.165, 1.54) is 21.6 Å². The number of hydrazine groups is 1. The van der Waals surface area contributed by atoms with Gasteiger partial charge in [-0.1, -0.05) is 35.9 Å². The summed E-state index contributed by atoms with van der Waals surface area (Å²) < 4.78 is 0. The third-order valence-corrected chi connectivity index (χ3v) is 6.07. The molecule has 1 saturated heterocycles. The van der Waals surface area contributed by atoms with Crippen LogP contribution in [-0.2, 0) is 13.1 Å². The van der Waals surface area contributed by atoms with Gasteiger partial charge < -0.3 is 0 Å². The fraction of sp³-hybridized carbons (Fsp3) is 0.318. The standard InChI is InChI=1S/C22H26N4S/c1-17-4-6-18(7-5-17)14-26(15-19-8-10-23-11-9-19)16-20-13-24-25-22(20)21-3-2-12-27-21/h2-12,20,22,24-25H,13-16H2,1H3. The molecule has 0 amide bonds. The van der Waals surface area contributed by atoms with Gasteiger partial charge in [0, 0.05) is 49.4 Å². The second-order valence-electron chi connectivity index (χ2n) is 7.29. The predicted molar refractivity (Wildman–Crippen MR) is 111 cm³/mol. The zero-order chi connectivity index (χ0) is 18.5. The zero-order valence-corrected chi connectivity index (χ0v) is 16.5. The van der Waals surface area contributed by atoms with Crippen LogP contribution in [0.3, 0.4) is 0 Å². The molecule has 5 heteroatoms. The normalized spacial score (nSPS) is 19.6. The Morgan fingerprint density at radius 2 is 1.78 bits per heavy atom. The predicted octanol–water partition coefficient (Wildman–Crippen LogP) is 3.92. The van der Waals surface area contributed by atoms with Crippen LogP contribution in [0.4, 0.5) is 0 Å². The number of nitrogens with zero attached hydrogens (tertiary/aromatic N) is 2. The summed E-state index contributed by atoms with van der Waals surface area (Å²) in [6.07, 6.45) is 3.76. The molecule has 1 fully saturated rings. The van der Waals surface area contributed by atoms with Gasteiger partial charge in [0.25, 0.3) is 0 Å². The van der Waals surface area contributed by atoms with Crippen LogP contribution in [0, 0.1) is 12.8 Å². The largest absolute Gasteiger partial charge is 0.294 e. The summed E-state index contributed by atoms with van der Waals surface area (Å²) in [5, 5.41) is 2.16. The van der Waals surface area contributed by atoms with Gasteiger partial charge in [-0.2, -0.15) is 0 Å². The van der Waals surface area contributed by atoms with Crippen molar-refractivity contribution in [3.05, 3.63) is 87.9 Å². The molecule has 3 aromatic rings. The van der Waals surface area contributed by atoms with Crippen LogP contribution in [0.25, 0.3) is 0 Å². The second-order valence-corrected chi connectivity index (χ2v) is 8.27. The summed E-state index contributed by atoms with van der Waals surface area (Å²) in [5.41, 5.74) is 10.8. The van der Waals surface area contributed by atoms with Crippen LogP contribution in [0.5, 0.6) is 0 Å². The summed E-state index contributed by atoms with van der Waals surface area (Å²) >= 11 is 1.83. The molecule has 2 unspecified atom stereocenters. The number of aryl methyl sites for hydroxylation is 1. The highest BCUT2D eigenvalue weighted by Crippen LogP contribution is 2.29. The lowest BCUT2D eigenvalue weighted by atomic mass is 9.99. The van der Waals surface area contributed by atoms with E-state index in [0.29, 0.717) is 12.0 Å². The van der Waals surface area contributed by atoms with Crippen molar-refractivity contribution in [1.29, 1.82) is 0 Å². The van der Waals surface area contributed by atoms with Crippen molar-refractivity contribution in [2.45, 2.75) is 26.1 Å². The Morgan fingerprint density at radius 1 is 1.04 bits per heavy atom. The smallest absolute Gasteiger partial charge is 0.0608 e. The maximum Gasteiger partial charge on any atom is 0.0608 e. The van der Waals surface area contributed by atoms with Crippen LogP contribution < -0.4 is 10.9 Å². The molecule has 4 nitrogen and oxygen atoms in total. The molecule has 140 valence electrons. The number of pyridine rings is 1. The van der Waals surface area contributed by atoms with E-state index in [2.05, 4.69) is 81.6 Å². The lowest BCUT2D eigenvalue weighted by Crippen LogP contribution is -2.32. The lowest BCUT2D eigenvalue weighted by molar-refractivity contribution is 0.210. The quantitative estimate of drug-likeness (QED) is 0.654. The Bertz CT molecular complexity index is 817. The van der Waals surface area contributed by atoms with E-state index in [1.807, 2.05) is 23.7 Å². The molecular formula is C22H26N4S. The first-order valence-electron chi connectivity index (χ1n) is 9.46. The summed E-state index contributed by atoms with van der Waals surface area (Å²) in [5.74, 6) is 0.538. The van der Waals surface area contributed by atoms with Crippen molar-refractivity contribution in [2.75, 3.05) is 13.1 Å². The van der Waals surface area contributed by atoms with Gasteiger partial charge in [-0.3, -0.25) is 15.3 Å². The fourth-order valence-electron chi connectivity index (χ4n) is 3.69. The van der Waals surface area contributed by atoms with Crippen molar-refractivity contribution < 1.29 is 0 Å². The summed E-state index contributed by atoms with van der Waals surface area (Å²) in [7, 11) is 0. The van der Waals surface area contributed by atoms with E-state index in [9.17, 15) is 0 Å². The van der Waals surface area contributed by atoms with E-state index in [-0.39, 0.29) is 0 Å². The molecule has 3 heterocycles. The molecule has 1 aliphatic rings. The van der Waals surface area contributed by atoms with Crippen LogP contribution in [0.1, 0.15) is 27.6 Å². The number of benzene rings is 1. The molecule has 2 atom stereocenters. The second kappa shape index (κ2) is 8.76. The highest BCUT2D eigenvalue weighted by atomic mass is 32.1. The van der Waals surface area contributed by atoms with Crippen LogP contribution in [0.15, 0.2) is 66.3 Å². The van der Waals surface area contributed by atoms with Gasteiger partial charge >= 0.3 is 0 Å². The molecule has 0 aliphatic carbocycles. The summed E-state index contributed by atoms with van der Waals surface area (Å²) in [6.45, 7) is 6.06. The van der Waals surface area contributed by atoms with Gasteiger partial charge in [-0.15, -0.1) is 11.3 Å². The first-order valence-corrected chi connectivity index (χ1v) is 10.3. The molecule has 0 radical (unpaired) electrons.